The van der Waals surface area contributed by atoms with Crippen LogP contribution in [0.3, 0.4) is 0 Å². The summed E-state index contributed by atoms with van der Waals surface area (Å²) < 4.78 is 27.2. The molecule has 4 rings (SSSR count). The molecule has 1 aromatic heterocycles. The van der Waals surface area contributed by atoms with Crippen LogP contribution in [0.15, 0.2) is 64.9 Å². The lowest BCUT2D eigenvalue weighted by atomic mass is 9.99. The number of nitrogens with zero attached hydrogens (tertiary/aromatic N) is 2. The molecule has 156 valence electrons. The lowest BCUT2D eigenvalue weighted by Gasteiger charge is -2.31. The van der Waals surface area contributed by atoms with Crippen LogP contribution in [0.2, 0.25) is 0 Å². The molecule has 0 spiro atoms. The number of hydrogen-bond acceptors (Lipinski definition) is 5. The Morgan fingerprint density at radius 3 is 2.63 bits per heavy atom. The predicted octanol–water partition coefficient (Wildman–Crippen LogP) is 4.16. The van der Waals surface area contributed by atoms with Crippen molar-refractivity contribution in [1.29, 1.82) is 0 Å². The molecule has 1 fully saturated rings. The van der Waals surface area contributed by atoms with E-state index in [-0.39, 0.29) is 17.3 Å². The highest BCUT2D eigenvalue weighted by Crippen LogP contribution is 2.29. The van der Waals surface area contributed by atoms with E-state index in [2.05, 4.69) is 10.3 Å². The summed E-state index contributed by atoms with van der Waals surface area (Å²) in [4.78, 5) is 17.6. The minimum Gasteiger partial charge on any atom is -0.302 e. The normalized spacial score (nSPS) is 17.6. The molecule has 0 saturated carbocycles. The van der Waals surface area contributed by atoms with Crippen LogP contribution in [-0.4, -0.2) is 36.7 Å². The average molecular weight is 442 g/mol. The number of hydrogen-bond donors (Lipinski definition) is 1. The summed E-state index contributed by atoms with van der Waals surface area (Å²) in [5.74, 6) is -0.586. The van der Waals surface area contributed by atoms with E-state index >= 15 is 0 Å². The number of aryl methyl sites for hydroxylation is 1. The Hall–Kier alpha value is -2.55. The maximum Gasteiger partial charge on any atom is 0.243 e. The minimum absolute atomic E-state index is 0.180. The van der Waals surface area contributed by atoms with Crippen molar-refractivity contribution in [3.63, 3.8) is 0 Å². The third-order valence-corrected chi connectivity index (χ3v) is 7.93. The van der Waals surface area contributed by atoms with Gasteiger partial charge in [-0.2, -0.15) is 4.31 Å². The number of sulfonamides is 1. The molecule has 1 saturated heterocycles. The fraction of sp³-hybridized carbons (Fsp3) is 0.273. The Morgan fingerprint density at radius 2 is 1.87 bits per heavy atom. The molecule has 0 aliphatic carbocycles. The first kappa shape index (κ1) is 20.7. The van der Waals surface area contributed by atoms with E-state index in [0.29, 0.717) is 24.5 Å². The minimum atomic E-state index is -3.60. The van der Waals surface area contributed by atoms with E-state index in [4.69, 9.17) is 0 Å². The molecule has 30 heavy (non-hydrogen) atoms. The van der Waals surface area contributed by atoms with Crippen LogP contribution in [0.4, 0.5) is 5.13 Å². The third-order valence-electron chi connectivity index (χ3n) is 5.29. The maximum absolute atomic E-state index is 12.9. The third kappa shape index (κ3) is 4.30. The van der Waals surface area contributed by atoms with Crippen LogP contribution in [-0.2, 0) is 14.8 Å². The monoisotopic (exact) mass is 441 g/mol. The molecule has 3 aromatic rings. The largest absolute Gasteiger partial charge is 0.302 e. The zero-order valence-electron chi connectivity index (χ0n) is 16.6. The van der Waals surface area contributed by atoms with E-state index in [1.807, 2.05) is 36.6 Å². The van der Waals surface area contributed by atoms with Gasteiger partial charge in [-0.3, -0.25) is 4.79 Å². The summed E-state index contributed by atoms with van der Waals surface area (Å²) >= 11 is 1.37. The number of piperidine rings is 1. The summed E-state index contributed by atoms with van der Waals surface area (Å²) in [6, 6.07) is 16.3. The summed E-state index contributed by atoms with van der Waals surface area (Å²) in [6.07, 6.45) is 1.30. The fourth-order valence-corrected chi connectivity index (χ4v) is 5.90. The van der Waals surface area contributed by atoms with Gasteiger partial charge in [0.25, 0.3) is 0 Å². The molecule has 1 aliphatic heterocycles. The SMILES string of the molecule is Cc1ccccc1-c1csc(NC(=O)C2CCCN(S(=O)(=O)c3ccccc3)C2)n1. The Bertz CT molecular complexity index is 1140. The average Bonchev–Trinajstić information content (AvgIpc) is 3.23. The van der Waals surface area contributed by atoms with Crippen LogP contribution in [0.1, 0.15) is 18.4 Å². The second-order valence-corrected chi connectivity index (χ2v) is 10.2. The molecular formula is C22H23N3O3S2. The van der Waals surface area contributed by atoms with Crippen molar-refractivity contribution < 1.29 is 13.2 Å². The number of nitrogens with one attached hydrogen (secondary N) is 1. The quantitative estimate of drug-likeness (QED) is 0.645. The topological polar surface area (TPSA) is 79.4 Å². The van der Waals surface area contributed by atoms with Gasteiger partial charge < -0.3 is 5.32 Å². The molecule has 1 amide bonds. The second-order valence-electron chi connectivity index (χ2n) is 7.36. The second kappa shape index (κ2) is 8.67. The van der Waals surface area contributed by atoms with Gasteiger partial charge in [-0.15, -0.1) is 11.3 Å². The van der Waals surface area contributed by atoms with Gasteiger partial charge in [0.05, 0.1) is 16.5 Å². The summed E-state index contributed by atoms with van der Waals surface area (Å²) in [5, 5.41) is 5.33. The molecular weight excluding hydrogens is 418 g/mol. The van der Waals surface area contributed by atoms with Crippen molar-refractivity contribution in [3.05, 3.63) is 65.5 Å². The van der Waals surface area contributed by atoms with E-state index in [1.165, 1.54) is 15.6 Å². The van der Waals surface area contributed by atoms with E-state index in [9.17, 15) is 13.2 Å². The molecule has 1 aliphatic rings. The Kier molecular flexibility index (Phi) is 5.99. The molecule has 6 nitrogen and oxygen atoms in total. The maximum atomic E-state index is 12.9. The number of amides is 1. The molecule has 2 aromatic carbocycles. The van der Waals surface area contributed by atoms with Gasteiger partial charge >= 0.3 is 0 Å². The molecule has 0 bridgehead atoms. The zero-order valence-corrected chi connectivity index (χ0v) is 18.2. The van der Waals surface area contributed by atoms with Crippen molar-refractivity contribution >= 4 is 32.4 Å². The summed E-state index contributed by atoms with van der Waals surface area (Å²) in [5.41, 5.74) is 2.98. The molecule has 1 unspecified atom stereocenters. The molecule has 1 N–H and O–H groups in total. The highest BCUT2D eigenvalue weighted by atomic mass is 32.2. The van der Waals surface area contributed by atoms with Gasteiger partial charge in [0.15, 0.2) is 5.13 Å². The fourth-order valence-electron chi connectivity index (χ4n) is 3.64. The first-order valence-electron chi connectivity index (χ1n) is 9.83. The number of carbonyl (C=O) groups is 1. The predicted molar refractivity (Wildman–Crippen MR) is 119 cm³/mol. The molecule has 8 heteroatoms. The van der Waals surface area contributed by atoms with Crippen molar-refractivity contribution in [1.82, 2.24) is 9.29 Å². The van der Waals surface area contributed by atoms with Crippen LogP contribution in [0, 0.1) is 12.8 Å². The summed E-state index contributed by atoms with van der Waals surface area (Å²) in [6.45, 7) is 2.63. The van der Waals surface area contributed by atoms with E-state index in [1.54, 1.807) is 30.3 Å². The number of rotatable bonds is 5. The lowest BCUT2D eigenvalue weighted by molar-refractivity contribution is -0.120. The Morgan fingerprint density at radius 1 is 1.13 bits per heavy atom. The number of benzene rings is 2. The van der Waals surface area contributed by atoms with Crippen LogP contribution in [0.25, 0.3) is 11.3 Å². The number of aromatic nitrogens is 1. The van der Waals surface area contributed by atoms with Crippen molar-refractivity contribution in [3.8, 4) is 11.3 Å². The van der Waals surface area contributed by atoms with Crippen LogP contribution >= 0.6 is 11.3 Å². The van der Waals surface area contributed by atoms with Crippen LogP contribution < -0.4 is 5.32 Å². The summed E-state index contributed by atoms with van der Waals surface area (Å²) in [7, 11) is -3.60. The molecule has 1 atom stereocenters. The number of thiazole rings is 1. The Labute approximate surface area is 180 Å². The number of anilines is 1. The van der Waals surface area contributed by atoms with Gasteiger partial charge in [-0.25, -0.2) is 13.4 Å². The smallest absolute Gasteiger partial charge is 0.243 e. The zero-order chi connectivity index (χ0) is 21.1. The van der Waals surface area contributed by atoms with Gasteiger partial charge in [0, 0.05) is 24.0 Å². The van der Waals surface area contributed by atoms with Gasteiger partial charge in [-0.1, -0.05) is 42.5 Å². The van der Waals surface area contributed by atoms with Gasteiger partial charge in [0.1, 0.15) is 0 Å². The van der Waals surface area contributed by atoms with Gasteiger partial charge in [-0.05, 0) is 37.5 Å². The van der Waals surface area contributed by atoms with Crippen LogP contribution in [0.5, 0.6) is 0 Å². The first-order valence-corrected chi connectivity index (χ1v) is 12.1. The van der Waals surface area contributed by atoms with Crippen molar-refractivity contribution in [2.75, 3.05) is 18.4 Å². The highest BCUT2D eigenvalue weighted by Gasteiger charge is 2.33. The van der Waals surface area contributed by atoms with Crippen molar-refractivity contribution in [2.45, 2.75) is 24.7 Å². The van der Waals surface area contributed by atoms with E-state index in [0.717, 1.165) is 16.8 Å². The van der Waals surface area contributed by atoms with Crippen molar-refractivity contribution in [2.24, 2.45) is 5.92 Å². The first-order chi connectivity index (χ1) is 14.4. The molecule has 0 radical (unpaired) electrons. The molecule has 2 heterocycles. The lowest BCUT2D eigenvalue weighted by Crippen LogP contribution is -2.43. The van der Waals surface area contributed by atoms with E-state index < -0.39 is 15.9 Å². The highest BCUT2D eigenvalue weighted by molar-refractivity contribution is 7.89. The number of carbonyl (C=O) groups excluding carboxylic acids is 1. The van der Waals surface area contributed by atoms with Gasteiger partial charge in [0.2, 0.25) is 15.9 Å². The standard InChI is InChI=1S/C22H23N3O3S2/c1-16-8-5-6-12-19(16)20-15-29-22(23-20)24-21(26)17-9-7-13-25(14-17)30(27,28)18-10-3-2-4-11-18/h2-6,8,10-12,15,17H,7,9,13-14H2,1H3,(H,23,24,26). The Balaban J connectivity index is 1.45.